The highest BCUT2D eigenvalue weighted by Crippen LogP contribution is 2.34. The summed E-state index contributed by atoms with van der Waals surface area (Å²) in [5.74, 6) is 1.26. The predicted molar refractivity (Wildman–Crippen MR) is 102 cm³/mol. The van der Waals surface area contributed by atoms with E-state index in [9.17, 15) is 8.42 Å². The van der Waals surface area contributed by atoms with Crippen LogP contribution in [0.2, 0.25) is 0 Å². The summed E-state index contributed by atoms with van der Waals surface area (Å²) >= 11 is 0. The van der Waals surface area contributed by atoms with Gasteiger partial charge in [0.1, 0.15) is 16.3 Å². The fraction of sp³-hybridized carbons (Fsp3) is 0.316. The van der Waals surface area contributed by atoms with Crippen molar-refractivity contribution in [2.75, 3.05) is 13.1 Å². The molecule has 4 rings (SSSR count). The van der Waals surface area contributed by atoms with Crippen molar-refractivity contribution < 1.29 is 13.2 Å². The first-order valence-electron chi connectivity index (χ1n) is 9.06. The summed E-state index contributed by atoms with van der Waals surface area (Å²) < 4.78 is 34.5. The van der Waals surface area contributed by atoms with Gasteiger partial charge in [-0.15, -0.1) is 0 Å². The molecule has 0 unspecified atom stereocenters. The van der Waals surface area contributed by atoms with E-state index in [2.05, 4.69) is 15.1 Å². The topological polar surface area (TPSA) is 90.2 Å². The molecule has 0 atom stereocenters. The molecule has 1 aliphatic rings. The molecule has 0 bridgehead atoms. The van der Waals surface area contributed by atoms with E-state index in [0.717, 1.165) is 5.69 Å². The minimum Gasteiger partial charge on any atom is -0.437 e. The Hall–Kier alpha value is -2.78. The maximum atomic E-state index is 12.8. The number of aromatic nitrogens is 4. The van der Waals surface area contributed by atoms with Gasteiger partial charge in [0.25, 0.3) is 0 Å². The zero-order valence-corrected chi connectivity index (χ0v) is 16.3. The number of ether oxygens (including phenoxy) is 1. The average Bonchev–Trinajstić information content (AvgIpc) is 3.17. The Labute approximate surface area is 163 Å². The van der Waals surface area contributed by atoms with E-state index in [1.807, 2.05) is 30.3 Å². The number of para-hydroxylation sites is 1. The van der Waals surface area contributed by atoms with Gasteiger partial charge in [-0.25, -0.2) is 13.4 Å². The molecule has 8 nitrogen and oxygen atoms in total. The fourth-order valence-corrected chi connectivity index (χ4v) is 4.80. The molecule has 3 aromatic rings. The van der Waals surface area contributed by atoms with E-state index in [1.165, 1.54) is 21.4 Å². The van der Waals surface area contributed by atoms with Gasteiger partial charge in [0.05, 0.1) is 6.20 Å². The normalized spacial score (nSPS) is 16.2. The molecule has 0 aliphatic carbocycles. The van der Waals surface area contributed by atoms with E-state index in [0.29, 0.717) is 37.6 Å². The van der Waals surface area contributed by atoms with Gasteiger partial charge in [-0.05, 0) is 25.0 Å². The lowest BCUT2D eigenvalue weighted by Gasteiger charge is -2.30. The van der Waals surface area contributed by atoms with Crippen LogP contribution in [0, 0.1) is 0 Å². The van der Waals surface area contributed by atoms with E-state index < -0.39 is 10.0 Å². The van der Waals surface area contributed by atoms with Gasteiger partial charge >= 0.3 is 0 Å². The lowest BCUT2D eigenvalue weighted by atomic mass is 9.94. The van der Waals surface area contributed by atoms with Crippen molar-refractivity contribution in [3.8, 4) is 11.6 Å². The third kappa shape index (κ3) is 3.76. The Balaban J connectivity index is 1.49. The van der Waals surface area contributed by atoms with Crippen LogP contribution in [0.5, 0.6) is 11.6 Å². The summed E-state index contributed by atoms with van der Waals surface area (Å²) in [7, 11) is -1.82. The maximum absolute atomic E-state index is 12.8. The van der Waals surface area contributed by atoms with Crippen molar-refractivity contribution >= 4 is 10.0 Å². The molecule has 2 aromatic heterocycles. The highest BCUT2D eigenvalue weighted by atomic mass is 32.2. The summed E-state index contributed by atoms with van der Waals surface area (Å²) in [5.41, 5.74) is 0.768. The Morgan fingerprint density at radius 3 is 2.46 bits per heavy atom. The molecule has 28 heavy (non-hydrogen) atoms. The zero-order valence-electron chi connectivity index (χ0n) is 15.5. The summed E-state index contributed by atoms with van der Waals surface area (Å²) in [5, 5.41) is 3.97. The molecule has 1 aliphatic heterocycles. The van der Waals surface area contributed by atoms with Crippen LogP contribution in [0.25, 0.3) is 0 Å². The Morgan fingerprint density at radius 1 is 1.07 bits per heavy atom. The van der Waals surface area contributed by atoms with Gasteiger partial charge < -0.3 is 4.74 Å². The van der Waals surface area contributed by atoms with E-state index in [1.54, 1.807) is 19.4 Å². The number of hydrogen-bond donors (Lipinski definition) is 0. The van der Waals surface area contributed by atoms with Gasteiger partial charge in [-0.2, -0.15) is 9.40 Å². The molecular weight excluding hydrogens is 378 g/mol. The molecule has 146 valence electrons. The minimum atomic E-state index is -3.52. The quantitative estimate of drug-likeness (QED) is 0.655. The van der Waals surface area contributed by atoms with Crippen molar-refractivity contribution in [2.45, 2.75) is 23.7 Å². The number of rotatable bonds is 5. The van der Waals surface area contributed by atoms with Crippen molar-refractivity contribution in [1.82, 2.24) is 24.1 Å². The minimum absolute atomic E-state index is 0.0905. The first-order valence-corrected chi connectivity index (χ1v) is 10.5. The fourth-order valence-electron chi connectivity index (χ4n) is 3.35. The number of benzene rings is 1. The largest absolute Gasteiger partial charge is 0.437 e. The number of sulfonamides is 1. The van der Waals surface area contributed by atoms with Gasteiger partial charge in [0.15, 0.2) is 0 Å². The monoisotopic (exact) mass is 399 g/mol. The molecule has 0 spiro atoms. The highest BCUT2D eigenvalue weighted by molar-refractivity contribution is 7.89. The van der Waals surface area contributed by atoms with E-state index in [4.69, 9.17) is 4.74 Å². The summed E-state index contributed by atoms with van der Waals surface area (Å²) in [6.45, 7) is 0.840. The molecule has 9 heteroatoms. The Bertz CT molecular complexity index is 1040. The van der Waals surface area contributed by atoms with E-state index in [-0.39, 0.29) is 10.8 Å². The zero-order chi connectivity index (χ0) is 19.6. The van der Waals surface area contributed by atoms with Crippen LogP contribution in [0.4, 0.5) is 0 Å². The van der Waals surface area contributed by atoms with Crippen LogP contribution in [-0.4, -0.2) is 45.6 Å². The highest BCUT2D eigenvalue weighted by Gasteiger charge is 2.32. The van der Waals surface area contributed by atoms with Crippen molar-refractivity contribution in [2.24, 2.45) is 7.05 Å². The summed E-state index contributed by atoms with van der Waals surface area (Å²) in [4.78, 5) is 9.04. The van der Waals surface area contributed by atoms with Gasteiger partial charge in [-0.1, -0.05) is 18.2 Å². The third-order valence-electron chi connectivity index (χ3n) is 4.81. The average molecular weight is 399 g/mol. The first-order chi connectivity index (χ1) is 13.5. The summed E-state index contributed by atoms with van der Waals surface area (Å²) in [6.07, 6.45) is 7.47. The SMILES string of the molecule is Cn1cc(S(=O)(=O)N2CCC(c3nccnc3Oc3ccccc3)CC2)cn1. The molecular formula is C19H21N5O3S. The standard InChI is InChI=1S/C19H21N5O3S/c1-23-14-17(13-22-23)28(25,26)24-11-7-15(8-12-24)18-19(21-10-9-20-18)27-16-5-3-2-4-6-16/h2-6,9-10,13-15H,7-8,11-12H2,1H3. The molecule has 0 saturated carbocycles. The molecule has 0 N–H and O–H groups in total. The second-order valence-electron chi connectivity index (χ2n) is 6.69. The van der Waals surface area contributed by atoms with Crippen molar-refractivity contribution in [3.05, 3.63) is 60.8 Å². The number of nitrogens with zero attached hydrogens (tertiary/aromatic N) is 5. The number of aryl methyl sites for hydroxylation is 1. The van der Waals surface area contributed by atoms with Crippen LogP contribution in [-0.2, 0) is 17.1 Å². The maximum Gasteiger partial charge on any atom is 0.246 e. The Morgan fingerprint density at radius 2 is 1.79 bits per heavy atom. The second-order valence-corrected chi connectivity index (χ2v) is 8.63. The lowest BCUT2D eigenvalue weighted by Crippen LogP contribution is -2.38. The molecule has 1 aromatic carbocycles. The van der Waals surface area contributed by atoms with Crippen molar-refractivity contribution in [3.63, 3.8) is 0 Å². The van der Waals surface area contributed by atoms with Gasteiger partial charge in [-0.3, -0.25) is 9.67 Å². The van der Waals surface area contributed by atoms with Crippen molar-refractivity contribution in [1.29, 1.82) is 0 Å². The first kappa shape index (κ1) is 18.6. The third-order valence-corrected chi connectivity index (χ3v) is 6.66. The van der Waals surface area contributed by atoms with Crippen LogP contribution in [0.15, 0.2) is 60.0 Å². The number of hydrogen-bond acceptors (Lipinski definition) is 6. The molecule has 1 saturated heterocycles. The van der Waals surface area contributed by atoms with Crippen LogP contribution < -0.4 is 4.74 Å². The van der Waals surface area contributed by atoms with E-state index >= 15 is 0 Å². The van der Waals surface area contributed by atoms with Crippen LogP contribution >= 0.6 is 0 Å². The molecule has 0 radical (unpaired) electrons. The smallest absolute Gasteiger partial charge is 0.246 e. The Kier molecular flexibility index (Phi) is 5.10. The van der Waals surface area contributed by atoms with Crippen LogP contribution in [0.3, 0.4) is 0 Å². The van der Waals surface area contributed by atoms with Gasteiger partial charge in [0.2, 0.25) is 15.9 Å². The number of piperidine rings is 1. The van der Waals surface area contributed by atoms with Gasteiger partial charge in [0, 0.05) is 44.6 Å². The molecule has 3 heterocycles. The van der Waals surface area contributed by atoms with Crippen LogP contribution in [0.1, 0.15) is 24.5 Å². The molecule has 0 amide bonds. The second kappa shape index (κ2) is 7.69. The summed E-state index contributed by atoms with van der Waals surface area (Å²) in [6, 6.07) is 9.44. The lowest BCUT2D eigenvalue weighted by molar-refractivity contribution is 0.311. The molecule has 1 fully saturated rings. The predicted octanol–water partition coefficient (Wildman–Crippen LogP) is 2.57.